The van der Waals surface area contributed by atoms with E-state index in [1.807, 2.05) is 26.0 Å². The largest absolute Gasteiger partial charge is 0.492 e. The first kappa shape index (κ1) is 11.7. The summed E-state index contributed by atoms with van der Waals surface area (Å²) < 4.78 is 5.52. The van der Waals surface area contributed by atoms with E-state index in [1.54, 1.807) is 6.07 Å². The molecule has 0 aromatic heterocycles. The normalized spacial score (nSPS) is 12.2. The van der Waals surface area contributed by atoms with Gasteiger partial charge in [-0.05, 0) is 18.6 Å². The fourth-order valence-electron chi connectivity index (χ4n) is 1.24. The molecule has 1 rings (SSSR count). The van der Waals surface area contributed by atoms with Gasteiger partial charge in [0.25, 0.3) is 0 Å². The van der Waals surface area contributed by atoms with Gasteiger partial charge in [-0.15, -0.1) is 0 Å². The molecule has 0 radical (unpaired) electrons. The second kappa shape index (κ2) is 5.51. The molecule has 0 saturated heterocycles. The molecule has 3 nitrogen and oxygen atoms in total. The first-order chi connectivity index (χ1) is 7.19. The van der Waals surface area contributed by atoms with E-state index in [2.05, 4.69) is 0 Å². The van der Waals surface area contributed by atoms with E-state index < -0.39 is 0 Å². The van der Waals surface area contributed by atoms with Crippen molar-refractivity contribution in [2.24, 2.45) is 5.92 Å². The molecular weight excluding hydrogens is 192 g/mol. The highest BCUT2D eigenvalue weighted by molar-refractivity contribution is 5.80. The summed E-state index contributed by atoms with van der Waals surface area (Å²) in [7, 11) is 0. The van der Waals surface area contributed by atoms with Crippen molar-refractivity contribution >= 4 is 6.29 Å². The van der Waals surface area contributed by atoms with Crippen molar-refractivity contribution in [1.29, 1.82) is 0 Å². The molecule has 3 heteroatoms. The van der Waals surface area contributed by atoms with Crippen LogP contribution in [0.15, 0.2) is 18.2 Å². The van der Waals surface area contributed by atoms with Crippen molar-refractivity contribution in [1.82, 2.24) is 0 Å². The standard InChI is InChI=1S/C12H16O3/c1-9(6-13)8-15-12-10(2)4-3-5-11(12)7-14/h3-5,7,9,13H,6,8H2,1-2H3. The fourth-order valence-corrected chi connectivity index (χ4v) is 1.24. The molecule has 82 valence electrons. The van der Waals surface area contributed by atoms with Gasteiger partial charge in [-0.3, -0.25) is 4.79 Å². The fraction of sp³-hybridized carbons (Fsp3) is 0.417. The van der Waals surface area contributed by atoms with Gasteiger partial charge in [-0.1, -0.05) is 19.1 Å². The molecule has 1 aromatic rings. The average molecular weight is 208 g/mol. The zero-order chi connectivity index (χ0) is 11.3. The minimum atomic E-state index is 0.0732. The zero-order valence-corrected chi connectivity index (χ0v) is 9.06. The summed E-state index contributed by atoms with van der Waals surface area (Å²) in [5, 5.41) is 8.86. The van der Waals surface area contributed by atoms with Crippen molar-refractivity contribution in [3.63, 3.8) is 0 Å². The smallest absolute Gasteiger partial charge is 0.153 e. The molecule has 0 aliphatic rings. The van der Waals surface area contributed by atoms with Crippen LogP contribution < -0.4 is 4.74 Å². The van der Waals surface area contributed by atoms with Gasteiger partial charge in [0, 0.05) is 12.5 Å². The van der Waals surface area contributed by atoms with Gasteiger partial charge in [-0.2, -0.15) is 0 Å². The third-order valence-electron chi connectivity index (χ3n) is 2.19. The summed E-state index contributed by atoms with van der Waals surface area (Å²) in [5.41, 5.74) is 1.49. The topological polar surface area (TPSA) is 46.5 Å². The molecule has 1 N–H and O–H groups in total. The second-order valence-electron chi connectivity index (χ2n) is 3.71. The Bertz CT molecular complexity index is 334. The Morgan fingerprint density at radius 2 is 2.27 bits per heavy atom. The molecule has 1 atom stereocenters. The number of ether oxygens (including phenoxy) is 1. The quantitative estimate of drug-likeness (QED) is 0.751. The van der Waals surface area contributed by atoms with E-state index >= 15 is 0 Å². The van der Waals surface area contributed by atoms with Crippen LogP contribution in [-0.4, -0.2) is 24.6 Å². The Balaban J connectivity index is 2.78. The molecule has 0 saturated carbocycles. The summed E-state index contributed by atoms with van der Waals surface area (Å²) in [6.45, 7) is 4.29. The maximum Gasteiger partial charge on any atom is 0.153 e. The highest BCUT2D eigenvalue weighted by Gasteiger charge is 2.08. The number of rotatable bonds is 5. The zero-order valence-electron chi connectivity index (χ0n) is 9.06. The molecule has 0 spiro atoms. The van der Waals surface area contributed by atoms with Crippen LogP contribution in [0.5, 0.6) is 5.75 Å². The highest BCUT2D eigenvalue weighted by atomic mass is 16.5. The molecule has 0 amide bonds. The Labute approximate surface area is 89.7 Å². The SMILES string of the molecule is Cc1cccc(C=O)c1OCC(C)CO. The molecule has 0 aliphatic heterocycles. The predicted octanol–water partition coefficient (Wildman–Crippen LogP) is 1.81. The number of carbonyl (C=O) groups is 1. The Morgan fingerprint density at radius 3 is 2.87 bits per heavy atom. The Morgan fingerprint density at radius 1 is 1.53 bits per heavy atom. The van der Waals surface area contributed by atoms with E-state index in [0.29, 0.717) is 17.9 Å². The summed E-state index contributed by atoms with van der Waals surface area (Å²) >= 11 is 0. The molecule has 1 unspecified atom stereocenters. The van der Waals surface area contributed by atoms with E-state index in [4.69, 9.17) is 9.84 Å². The number of hydrogen-bond acceptors (Lipinski definition) is 3. The summed E-state index contributed by atoms with van der Waals surface area (Å²) in [4.78, 5) is 10.8. The lowest BCUT2D eigenvalue weighted by Crippen LogP contribution is -2.13. The van der Waals surface area contributed by atoms with Crippen molar-refractivity contribution in [2.75, 3.05) is 13.2 Å². The molecular formula is C12H16O3. The third kappa shape index (κ3) is 3.06. The third-order valence-corrected chi connectivity index (χ3v) is 2.19. The van der Waals surface area contributed by atoms with Crippen LogP contribution in [-0.2, 0) is 0 Å². The highest BCUT2D eigenvalue weighted by Crippen LogP contribution is 2.22. The maximum atomic E-state index is 10.8. The van der Waals surface area contributed by atoms with E-state index in [0.717, 1.165) is 11.8 Å². The minimum absolute atomic E-state index is 0.0732. The van der Waals surface area contributed by atoms with Gasteiger partial charge in [0.1, 0.15) is 5.75 Å². The van der Waals surface area contributed by atoms with Gasteiger partial charge in [0.05, 0.1) is 12.2 Å². The number of benzene rings is 1. The lowest BCUT2D eigenvalue weighted by atomic mass is 10.1. The number of aryl methyl sites for hydroxylation is 1. The van der Waals surface area contributed by atoms with Gasteiger partial charge < -0.3 is 9.84 Å². The van der Waals surface area contributed by atoms with Crippen LogP contribution in [0.4, 0.5) is 0 Å². The van der Waals surface area contributed by atoms with Crippen molar-refractivity contribution in [3.8, 4) is 5.75 Å². The van der Waals surface area contributed by atoms with Crippen LogP contribution in [0.2, 0.25) is 0 Å². The summed E-state index contributed by atoms with van der Waals surface area (Å²) in [5.74, 6) is 0.692. The lowest BCUT2D eigenvalue weighted by Gasteiger charge is -2.13. The van der Waals surface area contributed by atoms with Gasteiger partial charge in [-0.25, -0.2) is 0 Å². The van der Waals surface area contributed by atoms with Crippen molar-refractivity contribution in [2.45, 2.75) is 13.8 Å². The number of aliphatic hydroxyl groups excluding tert-OH is 1. The molecule has 0 bridgehead atoms. The second-order valence-corrected chi connectivity index (χ2v) is 3.71. The number of aliphatic hydroxyl groups is 1. The van der Waals surface area contributed by atoms with Crippen molar-refractivity contribution in [3.05, 3.63) is 29.3 Å². The van der Waals surface area contributed by atoms with Crippen molar-refractivity contribution < 1.29 is 14.6 Å². The maximum absolute atomic E-state index is 10.8. The minimum Gasteiger partial charge on any atom is -0.492 e. The molecule has 0 heterocycles. The number of hydrogen-bond donors (Lipinski definition) is 1. The van der Waals surface area contributed by atoms with Crippen LogP contribution in [0.25, 0.3) is 0 Å². The summed E-state index contributed by atoms with van der Waals surface area (Å²) in [6, 6.07) is 5.44. The summed E-state index contributed by atoms with van der Waals surface area (Å²) in [6.07, 6.45) is 0.784. The van der Waals surface area contributed by atoms with Gasteiger partial charge >= 0.3 is 0 Å². The number of para-hydroxylation sites is 1. The average Bonchev–Trinajstić information content (AvgIpc) is 2.26. The molecule has 0 fully saturated rings. The number of carbonyl (C=O) groups excluding carboxylic acids is 1. The molecule has 1 aromatic carbocycles. The van der Waals surface area contributed by atoms with Gasteiger partial charge in [0.2, 0.25) is 0 Å². The van der Waals surface area contributed by atoms with Crippen LogP contribution in [0.1, 0.15) is 22.8 Å². The Kier molecular flexibility index (Phi) is 4.31. The van der Waals surface area contributed by atoms with E-state index in [9.17, 15) is 4.79 Å². The lowest BCUT2D eigenvalue weighted by molar-refractivity contribution is 0.111. The van der Waals surface area contributed by atoms with Crippen LogP contribution >= 0.6 is 0 Å². The van der Waals surface area contributed by atoms with Crippen LogP contribution in [0, 0.1) is 12.8 Å². The Hall–Kier alpha value is -1.35. The van der Waals surface area contributed by atoms with E-state index in [1.165, 1.54) is 0 Å². The molecule has 0 aliphatic carbocycles. The van der Waals surface area contributed by atoms with E-state index in [-0.39, 0.29) is 12.5 Å². The first-order valence-corrected chi connectivity index (χ1v) is 4.97. The monoisotopic (exact) mass is 208 g/mol. The first-order valence-electron chi connectivity index (χ1n) is 4.97. The number of aldehydes is 1. The van der Waals surface area contributed by atoms with Crippen LogP contribution in [0.3, 0.4) is 0 Å². The predicted molar refractivity (Wildman–Crippen MR) is 58.3 cm³/mol. The van der Waals surface area contributed by atoms with Gasteiger partial charge in [0.15, 0.2) is 6.29 Å². The molecule has 15 heavy (non-hydrogen) atoms.